The summed E-state index contributed by atoms with van der Waals surface area (Å²) in [6, 6.07) is 1.11. The van der Waals surface area contributed by atoms with Crippen molar-refractivity contribution in [2.75, 3.05) is 25.4 Å². The van der Waals surface area contributed by atoms with E-state index in [9.17, 15) is 24.9 Å². The summed E-state index contributed by atoms with van der Waals surface area (Å²) >= 11 is 0. The van der Waals surface area contributed by atoms with Gasteiger partial charge in [0.05, 0.1) is 24.9 Å². The Bertz CT molecular complexity index is 852. The zero-order chi connectivity index (χ0) is 24.1. The molecule has 0 aliphatic carbocycles. The molecule has 0 amide bonds. The summed E-state index contributed by atoms with van der Waals surface area (Å²) < 4.78 is 12.0. The van der Waals surface area contributed by atoms with Crippen LogP contribution in [0.4, 0.5) is 5.82 Å². The molecule has 3 aliphatic rings. The van der Waals surface area contributed by atoms with Crippen LogP contribution in [0.2, 0.25) is 0 Å². The van der Waals surface area contributed by atoms with Crippen molar-refractivity contribution in [2.45, 2.75) is 81.8 Å². The molecule has 0 bridgehead atoms. The van der Waals surface area contributed by atoms with Crippen LogP contribution in [0.15, 0.2) is 17.1 Å². The predicted octanol–water partition coefficient (Wildman–Crippen LogP) is -1.64. The molecule has 7 atom stereocenters. The summed E-state index contributed by atoms with van der Waals surface area (Å²) in [4.78, 5) is 28.4. The van der Waals surface area contributed by atoms with Gasteiger partial charge in [0.2, 0.25) is 0 Å². The van der Waals surface area contributed by atoms with E-state index in [1.807, 2.05) is 11.8 Å². The Hall–Kier alpha value is -2.09. The van der Waals surface area contributed by atoms with Crippen LogP contribution in [0.3, 0.4) is 0 Å². The van der Waals surface area contributed by atoms with E-state index < -0.39 is 36.1 Å². The third kappa shape index (κ3) is 6.08. The SMILES string of the molecule is CCCC(=O)O[C@H]1CN2CC[C@H](O)[C@@H]2[C@@H](O)[C@@H]1O.Nc1ccn([C@H]2CC[C@@H](CO)O2)c(=O)n1. The first-order chi connectivity index (χ1) is 15.7. The van der Waals surface area contributed by atoms with Crippen molar-refractivity contribution >= 4 is 11.8 Å². The van der Waals surface area contributed by atoms with Crippen molar-refractivity contribution in [3.05, 3.63) is 22.7 Å². The van der Waals surface area contributed by atoms with Crippen LogP contribution >= 0.6 is 0 Å². The Morgan fingerprint density at radius 3 is 2.67 bits per heavy atom. The van der Waals surface area contributed by atoms with E-state index >= 15 is 0 Å². The van der Waals surface area contributed by atoms with E-state index in [1.165, 1.54) is 4.57 Å². The van der Waals surface area contributed by atoms with E-state index in [0.717, 1.165) is 6.42 Å². The highest BCUT2D eigenvalue weighted by atomic mass is 16.6. The maximum absolute atomic E-state index is 11.5. The largest absolute Gasteiger partial charge is 0.458 e. The van der Waals surface area contributed by atoms with Crippen molar-refractivity contribution in [2.24, 2.45) is 0 Å². The lowest BCUT2D eigenvalue weighted by Crippen LogP contribution is -2.62. The number of hydrogen-bond donors (Lipinski definition) is 5. The number of aliphatic hydroxyl groups is 4. The molecule has 12 nitrogen and oxygen atoms in total. The fourth-order valence-electron chi connectivity index (χ4n) is 4.49. The summed E-state index contributed by atoms with van der Waals surface area (Å²) in [6.45, 7) is 2.88. The van der Waals surface area contributed by atoms with Gasteiger partial charge in [-0.2, -0.15) is 4.98 Å². The summed E-state index contributed by atoms with van der Waals surface area (Å²) in [5.41, 5.74) is 4.96. The summed E-state index contributed by atoms with van der Waals surface area (Å²) in [5.74, 6) is -0.153. The average molecular weight is 471 g/mol. The van der Waals surface area contributed by atoms with E-state index in [1.54, 1.807) is 12.3 Å². The number of nitrogens with zero attached hydrogens (tertiary/aromatic N) is 3. The van der Waals surface area contributed by atoms with Gasteiger partial charge in [-0.05, 0) is 31.7 Å². The number of nitrogens with two attached hydrogens (primary N) is 1. The van der Waals surface area contributed by atoms with Crippen molar-refractivity contribution in [1.82, 2.24) is 14.5 Å². The lowest BCUT2D eigenvalue weighted by molar-refractivity contribution is -0.178. The van der Waals surface area contributed by atoms with Crippen LogP contribution < -0.4 is 11.4 Å². The molecule has 0 saturated carbocycles. The van der Waals surface area contributed by atoms with Crippen LogP contribution in [-0.2, 0) is 14.3 Å². The number of carbonyl (C=O) groups excluding carboxylic acids is 1. The number of fused-ring (bicyclic) bond motifs is 1. The Labute approximate surface area is 191 Å². The van der Waals surface area contributed by atoms with E-state index in [4.69, 9.17) is 20.3 Å². The third-order valence-electron chi connectivity index (χ3n) is 6.21. The fourth-order valence-corrected chi connectivity index (χ4v) is 4.49. The van der Waals surface area contributed by atoms with Gasteiger partial charge in [0.1, 0.15) is 30.4 Å². The first-order valence-electron chi connectivity index (χ1n) is 11.3. The molecule has 0 aromatic carbocycles. The second-order valence-corrected chi connectivity index (χ2v) is 8.62. The highest BCUT2D eigenvalue weighted by Gasteiger charge is 2.49. The van der Waals surface area contributed by atoms with Crippen LogP contribution in [-0.4, -0.2) is 97.1 Å². The summed E-state index contributed by atoms with van der Waals surface area (Å²) in [7, 11) is 0. The van der Waals surface area contributed by atoms with E-state index in [0.29, 0.717) is 38.8 Å². The van der Waals surface area contributed by atoms with Gasteiger partial charge >= 0.3 is 11.7 Å². The number of ether oxygens (including phenoxy) is 2. The number of rotatable bonds is 5. The summed E-state index contributed by atoms with van der Waals surface area (Å²) in [6.07, 6.45) is 0.550. The molecule has 1 aromatic heterocycles. The van der Waals surface area contributed by atoms with Crippen molar-refractivity contribution in [3.63, 3.8) is 0 Å². The standard InChI is InChI=1S/C12H21NO5.C9H13N3O3/c1-2-3-9(15)18-8-6-13-5-4-7(14)10(13)12(17)11(8)16;10-7-3-4-12(9(14)11-7)8-2-1-6(5-13)15-8/h7-8,10-12,14,16-17H,2-6H2,1H3;3-4,6,8,13H,1-2,5H2,(H2,10,11,14)/t7-,8-,10+,11+,12+;6-,8+/m00/s1. The Morgan fingerprint density at radius 2 is 2.03 bits per heavy atom. The molecular formula is C21H34N4O8. The highest BCUT2D eigenvalue weighted by Crippen LogP contribution is 2.29. The number of aromatic nitrogens is 2. The smallest absolute Gasteiger partial charge is 0.351 e. The molecular weight excluding hydrogens is 436 g/mol. The molecule has 12 heteroatoms. The Morgan fingerprint density at radius 1 is 1.27 bits per heavy atom. The van der Waals surface area contributed by atoms with Crippen molar-refractivity contribution in [3.8, 4) is 0 Å². The van der Waals surface area contributed by atoms with Gasteiger partial charge in [-0.3, -0.25) is 14.3 Å². The van der Waals surface area contributed by atoms with Crippen molar-refractivity contribution < 1.29 is 34.7 Å². The van der Waals surface area contributed by atoms with Crippen LogP contribution in [0.5, 0.6) is 0 Å². The Balaban J connectivity index is 0.000000189. The first kappa shape index (κ1) is 25.5. The maximum Gasteiger partial charge on any atom is 0.351 e. The minimum absolute atomic E-state index is 0.0202. The molecule has 4 rings (SSSR count). The quantitative estimate of drug-likeness (QED) is 0.312. The predicted molar refractivity (Wildman–Crippen MR) is 116 cm³/mol. The van der Waals surface area contributed by atoms with Gasteiger partial charge in [0, 0.05) is 25.7 Å². The highest BCUT2D eigenvalue weighted by molar-refractivity contribution is 5.69. The molecule has 3 saturated heterocycles. The second-order valence-electron chi connectivity index (χ2n) is 8.62. The molecule has 3 aliphatic heterocycles. The normalized spacial score (nSPS) is 33.8. The van der Waals surface area contributed by atoms with Gasteiger partial charge in [0.25, 0.3) is 0 Å². The molecule has 0 radical (unpaired) electrons. The maximum atomic E-state index is 11.5. The minimum atomic E-state index is -1.13. The number of anilines is 1. The number of carbonyl (C=O) groups is 1. The number of nitrogen functional groups attached to an aromatic ring is 1. The zero-order valence-corrected chi connectivity index (χ0v) is 18.7. The van der Waals surface area contributed by atoms with Gasteiger partial charge in [0.15, 0.2) is 0 Å². The zero-order valence-electron chi connectivity index (χ0n) is 18.7. The lowest BCUT2D eigenvalue weighted by Gasteiger charge is -2.42. The van der Waals surface area contributed by atoms with E-state index in [2.05, 4.69) is 4.98 Å². The lowest BCUT2D eigenvalue weighted by atomic mass is 9.93. The first-order valence-corrected chi connectivity index (χ1v) is 11.3. The topological polar surface area (TPSA) is 181 Å². The minimum Gasteiger partial charge on any atom is -0.458 e. The molecule has 0 spiro atoms. The van der Waals surface area contributed by atoms with Gasteiger partial charge in [-0.1, -0.05) is 6.92 Å². The third-order valence-corrected chi connectivity index (χ3v) is 6.21. The van der Waals surface area contributed by atoms with Crippen LogP contribution in [0.1, 0.15) is 45.3 Å². The molecule has 1 aromatic rings. The van der Waals surface area contributed by atoms with Crippen LogP contribution in [0, 0.1) is 0 Å². The van der Waals surface area contributed by atoms with Gasteiger partial charge in [-0.15, -0.1) is 0 Å². The average Bonchev–Trinajstić information content (AvgIpc) is 3.39. The van der Waals surface area contributed by atoms with E-state index in [-0.39, 0.29) is 30.7 Å². The number of aliphatic hydroxyl groups excluding tert-OH is 4. The second kappa shape index (κ2) is 11.4. The molecule has 4 heterocycles. The number of esters is 1. The molecule has 33 heavy (non-hydrogen) atoms. The van der Waals surface area contributed by atoms with Crippen molar-refractivity contribution in [1.29, 1.82) is 0 Å². The Kier molecular flexibility index (Phi) is 8.79. The molecule has 3 fully saturated rings. The molecule has 186 valence electrons. The summed E-state index contributed by atoms with van der Waals surface area (Å²) in [5, 5.41) is 38.6. The van der Waals surface area contributed by atoms with Gasteiger partial charge < -0.3 is 35.6 Å². The number of piperidine rings is 1. The monoisotopic (exact) mass is 470 g/mol. The molecule has 0 unspecified atom stereocenters. The fraction of sp³-hybridized carbons (Fsp3) is 0.762. The number of hydrogen-bond acceptors (Lipinski definition) is 11. The van der Waals surface area contributed by atoms with Gasteiger partial charge in [-0.25, -0.2) is 4.79 Å². The van der Waals surface area contributed by atoms with Crippen LogP contribution in [0.25, 0.3) is 0 Å². The molecule has 6 N–H and O–H groups in total.